The summed E-state index contributed by atoms with van der Waals surface area (Å²) in [5.41, 5.74) is 2.90. The van der Waals surface area contributed by atoms with Crippen molar-refractivity contribution >= 4 is 17.9 Å². The molecule has 0 heterocycles. The Labute approximate surface area is 186 Å². The Hall–Kier alpha value is -3.93. The van der Waals surface area contributed by atoms with Crippen LogP contribution in [-0.4, -0.2) is 25.0 Å². The Morgan fingerprint density at radius 1 is 0.656 bits per heavy atom. The molecule has 0 saturated carbocycles. The Balaban J connectivity index is 1.80. The summed E-state index contributed by atoms with van der Waals surface area (Å²) in [6.45, 7) is 4.04. The highest BCUT2D eigenvalue weighted by molar-refractivity contribution is 5.97. The number of rotatable bonds is 7. The van der Waals surface area contributed by atoms with E-state index in [1.807, 2.05) is 38.1 Å². The largest absolute Gasteiger partial charge is 0.465 e. The van der Waals surface area contributed by atoms with Crippen LogP contribution in [0.3, 0.4) is 0 Å². The van der Waals surface area contributed by atoms with Crippen molar-refractivity contribution in [2.75, 3.05) is 7.11 Å². The van der Waals surface area contributed by atoms with Crippen LogP contribution < -0.4 is 9.47 Å². The zero-order valence-corrected chi connectivity index (χ0v) is 18.2. The van der Waals surface area contributed by atoms with Gasteiger partial charge < -0.3 is 14.2 Å². The Bertz CT molecular complexity index is 1110. The third-order valence-electron chi connectivity index (χ3n) is 4.97. The molecule has 0 aromatic heterocycles. The average molecular weight is 432 g/mol. The van der Waals surface area contributed by atoms with Gasteiger partial charge in [0, 0.05) is 0 Å². The lowest BCUT2D eigenvalue weighted by Gasteiger charge is -2.11. The summed E-state index contributed by atoms with van der Waals surface area (Å²) in [5.74, 6) is -1.77. The molecule has 3 aromatic rings. The molecule has 0 saturated heterocycles. The molecule has 0 aliphatic rings. The lowest BCUT2D eigenvalue weighted by atomic mass is 10.1. The van der Waals surface area contributed by atoms with E-state index in [-0.39, 0.29) is 17.1 Å². The lowest BCUT2D eigenvalue weighted by Crippen LogP contribution is -2.13. The van der Waals surface area contributed by atoms with Crippen LogP contribution in [0.2, 0.25) is 0 Å². The summed E-state index contributed by atoms with van der Waals surface area (Å²) in [5, 5.41) is 0. The van der Waals surface area contributed by atoms with Crippen LogP contribution in [0.5, 0.6) is 11.5 Å². The maximum Gasteiger partial charge on any atom is 0.343 e. The monoisotopic (exact) mass is 432 g/mol. The first-order chi connectivity index (χ1) is 15.4. The fourth-order valence-electron chi connectivity index (χ4n) is 3.01. The molecule has 3 aromatic carbocycles. The van der Waals surface area contributed by atoms with Crippen LogP contribution >= 0.6 is 0 Å². The van der Waals surface area contributed by atoms with Crippen molar-refractivity contribution in [1.29, 1.82) is 0 Å². The summed E-state index contributed by atoms with van der Waals surface area (Å²) in [6.07, 6.45) is 1.71. The van der Waals surface area contributed by atoms with Gasteiger partial charge in [-0.05, 0) is 66.4 Å². The van der Waals surface area contributed by atoms with Crippen molar-refractivity contribution in [3.63, 3.8) is 0 Å². The third kappa shape index (κ3) is 5.40. The quantitative estimate of drug-likeness (QED) is 0.385. The number of aryl methyl sites for hydroxylation is 2. The number of hydrogen-bond acceptors (Lipinski definition) is 6. The van der Waals surface area contributed by atoms with Crippen molar-refractivity contribution in [2.24, 2.45) is 0 Å². The molecule has 0 unspecified atom stereocenters. The van der Waals surface area contributed by atoms with Crippen LogP contribution in [0.1, 0.15) is 56.0 Å². The minimum Gasteiger partial charge on any atom is -0.465 e. The number of methoxy groups -OCH3 is 1. The molecule has 0 bridgehead atoms. The molecule has 0 fully saturated rings. The summed E-state index contributed by atoms with van der Waals surface area (Å²) >= 11 is 0. The molecule has 6 heteroatoms. The van der Waals surface area contributed by atoms with Crippen LogP contribution in [-0.2, 0) is 17.6 Å². The Morgan fingerprint density at radius 3 is 1.62 bits per heavy atom. The predicted octanol–water partition coefficient (Wildman–Crippen LogP) is 5.04. The van der Waals surface area contributed by atoms with Gasteiger partial charge >= 0.3 is 17.9 Å². The molecule has 6 nitrogen and oxygen atoms in total. The van der Waals surface area contributed by atoms with Gasteiger partial charge in [-0.25, -0.2) is 14.4 Å². The van der Waals surface area contributed by atoms with E-state index in [0.717, 1.165) is 24.0 Å². The van der Waals surface area contributed by atoms with Crippen molar-refractivity contribution in [2.45, 2.75) is 26.7 Å². The van der Waals surface area contributed by atoms with E-state index >= 15 is 0 Å². The molecule has 32 heavy (non-hydrogen) atoms. The van der Waals surface area contributed by atoms with E-state index in [4.69, 9.17) is 14.2 Å². The molecule has 0 aliphatic carbocycles. The first-order valence-corrected chi connectivity index (χ1v) is 10.3. The molecule has 3 rings (SSSR count). The second kappa shape index (κ2) is 10.4. The molecule has 0 N–H and O–H groups in total. The first-order valence-electron chi connectivity index (χ1n) is 10.3. The van der Waals surface area contributed by atoms with E-state index in [9.17, 15) is 14.4 Å². The zero-order valence-electron chi connectivity index (χ0n) is 18.2. The van der Waals surface area contributed by atoms with Gasteiger partial charge in [-0.2, -0.15) is 0 Å². The maximum atomic E-state index is 12.5. The maximum absolute atomic E-state index is 12.5. The number of esters is 3. The summed E-state index contributed by atoms with van der Waals surface area (Å²) in [4.78, 5) is 37.2. The van der Waals surface area contributed by atoms with E-state index in [1.54, 1.807) is 24.3 Å². The molecule has 0 aliphatic heterocycles. The SMILES string of the molecule is CCc1ccc(C(=O)Oc2ccc(OC(=O)c3ccc(CC)cc3)c(C(=O)OC)c2)cc1. The van der Waals surface area contributed by atoms with Gasteiger partial charge in [-0.15, -0.1) is 0 Å². The third-order valence-corrected chi connectivity index (χ3v) is 4.97. The number of hydrogen-bond donors (Lipinski definition) is 0. The second-order valence-electron chi connectivity index (χ2n) is 7.03. The fraction of sp³-hybridized carbons (Fsp3) is 0.192. The van der Waals surface area contributed by atoms with Crippen molar-refractivity contribution in [3.8, 4) is 11.5 Å². The topological polar surface area (TPSA) is 78.9 Å². The molecule has 0 spiro atoms. The Morgan fingerprint density at radius 2 is 1.16 bits per heavy atom. The van der Waals surface area contributed by atoms with Gasteiger partial charge in [0.15, 0.2) is 0 Å². The highest BCUT2D eigenvalue weighted by Crippen LogP contribution is 2.27. The van der Waals surface area contributed by atoms with Crippen LogP contribution in [0.25, 0.3) is 0 Å². The fourth-order valence-corrected chi connectivity index (χ4v) is 3.01. The van der Waals surface area contributed by atoms with E-state index < -0.39 is 17.9 Å². The molecule has 164 valence electrons. The predicted molar refractivity (Wildman–Crippen MR) is 119 cm³/mol. The van der Waals surface area contributed by atoms with E-state index in [1.165, 1.54) is 25.3 Å². The smallest absolute Gasteiger partial charge is 0.343 e. The summed E-state index contributed by atoms with van der Waals surface area (Å²) in [6, 6.07) is 18.2. The number of benzene rings is 3. The van der Waals surface area contributed by atoms with Crippen LogP contribution in [0.15, 0.2) is 66.7 Å². The Kier molecular flexibility index (Phi) is 7.39. The van der Waals surface area contributed by atoms with Gasteiger partial charge in [0.05, 0.1) is 18.2 Å². The zero-order chi connectivity index (χ0) is 23.1. The molecule has 0 atom stereocenters. The minimum atomic E-state index is -0.723. The van der Waals surface area contributed by atoms with Gasteiger partial charge in [0.2, 0.25) is 0 Å². The molecular weight excluding hydrogens is 408 g/mol. The van der Waals surface area contributed by atoms with Gasteiger partial charge in [0.25, 0.3) is 0 Å². The highest BCUT2D eigenvalue weighted by atomic mass is 16.5. The first kappa shape index (κ1) is 22.7. The van der Waals surface area contributed by atoms with Crippen molar-refractivity contribution < 1.29 is 28.6 Å². The average Bonchev–Trinajstić information content (AvgIpc) is 2.84. The second-order valence-corrected chi connectivity index (χ2v) is 7.03. The minimum absolute atomic E-state index is 0.00788. The number of carbonyl (C=O) groups is 3. The van der Waals surface area contributed by atoms with Gasteiger partial charge in [-0.3, -0.25) is 0 Å². The van der Waals surface area contributed by atoms with Gasteiger partial charge in [0.1, 0.15) is 17.1 Å². The van der Waals surface area contributed by atoms with Crippen molar-refractivity contribution in [1.82, 2.24) is 0 Å². The lowest BCUT2D eigenvalue weighted by molar-refractivity contribution is 0.0589. The standard InChI is InChI=1S/C26H24O6/c1-4-17-6-10-19(11-7-17)24(27)31-21-14-15-23(22(16-21)26(29)30-3)32-25(28)20-12-8-18(5-2)9-13-20/h6-16H,4-5H2,1-3H3. The molecule has 0 amide bonds. The van der Waals surface area contributed by atoms with Crippen molar-refractivity contribution in [3.05, 3.63) is 94.5 Å². The van der Waals surface area contributed by atoms with Crippen LogP contribution in [0.4, 0.5) is 0 Å². The molecular formula is C26H24O6. The van der Waals surface area contributed by atoms with Crippen LogP contribution in [0, 0.1) is 0 Å². The normalized spacial score (nSPS) is 10.3. The highest BCUT2D eigenvalue weighted by Gasteiger charge is 2.19. The summed E-state index contributed by atoms with van der Waals surface area (Å²) < 4.78 is 15.6. The number of carbonyl (C=O) groups excluding carboxylic acids is 3. The number of ether oxygens (including phenoxy) is 3. The van der Waals surface area contributed by atoms with E-state index in [2.05, 4.69) is 0 Å². The molecule has 0 radical (unpaired) electrons. The van der Waals surface area contributed by atoms with E-state index in [0.29, 0.717) is 11.1 Å². The van der Waals surface area contributed by atoms with Gasteiger partial charge in [-0.1, -0.05) is 38.1 Å². The summed E-state index contributed by atoms with van der Waals surface area (Å²) in [7, 11) is 1.21.